The van der Waals surface area contributed by atoms with Crippen LogP contribution in [-0.4, -0.2) is 96.7 Å². The van der Waals surface area contributed by atoms with Crippen molar-refractivity contribution in [3.63, 3.8) is 0 Å². The van der Waals surface area contributed by atoms with Crippen molar-refractivity contribution in [1.82, 2.24) is 0 Å². The smallest absolute Gasteiger partial charge is 0.462 e. The lowest BCUT2D eigenvalue weighted by atomic mass is 10.0. The zero-order valence-corrected chi connectivity index (χ0v) is 55.7. The first-order valence-electron chi connectivity index (χ1n) is 34.3. The third kappa shape index (κ3) is 59.0. The molecule has 0 heterocycles. The molecule has 0 aliphatic carbocycles. The first-order chi connectivity index (χ1) is 40.7. The topological polar surface area (TPSA) is 237 Å². The van der Waals surface area contributed by atoms with Gasteiger partial charge in [0.2, 0.25) is 0 Å². The van der Waals surface area contributed by atoms with Crippen molar-refractivity contribution in [3.05, 3.63) is 0 Å². The second-order valence-corrected chi connectivity index (χ2v) is 26.4. The summed E-state index contributed by atoms with van der Waals surface area (Å²) in [7, 11) is -9.88. The molecule has 0 bridgehead atoms. The number of carbonyl (C=O) groups excluding carboxylic acids is 4. The van der Waals surface area contributed by atoms with E-state index in [0.29, 0.717) is 25.7 Å². The number of aliphatic hydroxyl groups is 1. The van der Waals surface area contributed by atoms with Crippen molar-refractivity contribution in [2.45, 2.75) is 354 Å². The van der Waals surface area contributed by atoms with Crippen molar-refractivity contribution in [1.29, 1.82) is 0 Å². The molecule has 0 fully saturated rings. The molecule has 0 saturated heterocycles. The first kappa shape index (κ1) is 82.1. The third-order valence-electron chi connectivity index (χ3n) is 15.1. The highest BCUT2D eigenvalue weighted by molar-refractivity contribution is 7.47. The molecular formula is C65H126O17P2. The molecule has 0 spiro atoms. The molecule has 84 heavy (non-hydrogen) atoms. The van der Waals surface area contributed by atoms with E-state index in [1.54, 1.807) is 0 Å². The van der Waals surface area contributed by atoms with E-state index >= 15 is 0 Å². The van der Waals surface area contributed by atoms with Crippen LogP contribution in [-0.2, 0) is 65.4 Å². The molecule has 0 aromatic carbocycles. The molecule has 17 nitrogen and oxygen atoms in total. The second kappa shape index (κ2) is 60.0. The van der Waals surface area contributed by atoms with E-state index in [1.165, 1.54) is 154 Å². The molecule has 0 aliphatic heterocycles. The predicted octanol–water partition coefficient (Wildman–Crippen LogP) is 18.3. The van der Waals surface area contributed by atoms with Crippen LogP contribution >= 0.6 is 15.6 Å². The van der Waals surface area contributed by atoms with Gasteiger partial charge in [-0.2, -0.15) is 0 Å². The van der Waals surface area contributed by atoms with Crippen molar-refractivity contribution in [3.8, 4) is 0 Å². The Morgan fingerprint density at radius 3 is 0.702 bits per heavy atom. The fourth-order valence-electron chi connectivity index (χ4n) is 9.81. The van der Waals surface area contributed by atoms with E-state index < -0.39 is 97.5 Å². The first-order valence-corrected chi connectivity index (χ1v) is 37.3. The Hall–Kier alpha value is -1.94. The Kier molecular flexibility index (Phi) is 58.6. The van der Waals surface area contributed by atoms with E-state index in [-0.39, 0.29) is 25.7 Å². The van der Waals surface area contributed by atoms with Gasteiger partial charge in [-0.1, -0.05) is 285 Å². The molecule has 5 atom stereocenters. The number of ether oxygens (including phenoxy) is 4. The van der Waals surface area contributed by atoms with Crippen molar-refractivity contribution < 1.29 is 80.2 Å². The van der Waals surface area contributed by atoms with Gasteiger partial charge < -0.3 is 33.8 Å². The van der Waals surface area contributed by atoms with Crippen molar-refractivity contribution in [2.75, 3.05) is 39.6 Å². The van der Waals surface area contributed by atoms with Crippen LogP contribution in [0.15, 0.2) is 0 Å². The molecule has 0 aromatic rings. The van der Waals surface area contributed by atoms with E-state index in [9.17, 15) is 43.2 Å². The minimum absolute atomic E-state index is 0.103. The van der Waals surface area contributed by atoms with Crippen LogP contribution in [0.5, 0.6) is 0 Å². The van der Waals surface area contributed by atoms with Gasteiger partial charge in [-0.15, -0.1) is 0 Å². The lowest BCUT2D eigenvalue weighted by Gasteiger charge is -2.21. The Bertz CT molecular complexity index is 1620. The maximum atomic E-state index is 12.9. The Balaban J connectivity index is 5.09. The Labute approximate surface area is 511 Å². The average molecular weight is 1240 g/mol. The highest BCUT2D eigenvalue weighted by Gasteiger charge is 2.30. The van der Waals surface area contributed by atoms with Gasteiger partial charge in [0.05, 0.1) is 26.4 Å². The number of phosphoric acid groups is 2. The lowest BCUT2D eigenvalue weighted by Crippen LogP contribution is -2.30. The van der Waals surface area contributed by atoms with Crippen LogP contribution in [0.1, 0.15) is 336 Å². The molecule has 2 unspecified atom stereocenters. The molecule has 0 aliphatic rings. The third-order valence-corrected chi connectivity index (χ3v) is 17.0. The molecule has 0 aromatic heterocycles. The summed E-state index contributed by atoms with van der Waals surface area (Å²) in [6, 6.07) is 0. The number of hydrogen-bond acceptors (Lipinski definition) is 15. The van der Waals surface area contributed by atoms with Gasteiger partial charge in [0, 0.05) is 25.7 Å². The maximum Gasteiger partial charge on any atom is 0.472 e. The van der Waals surface area contributed by atoms with Gasteiger partial charge in [0.1, 0.15) is 19.3 Å². The zero-order chi connectivity index (χ0) is 61.9. The SMILES string of the molecule is CCCCCCCCCCCCCCCCCC(=O)OC[C@H](COP(=O)(O)OC[C@@H](O)COP(=O)(O)OC[C@@H](COC(=O)CCCCCCCCCC)OC(=O)CCCCCCCCCCCCCCCCC)OC(=O)CCCCCCCC. The number of unbranched alkanes of at least 4 members (excludes halogenated alkanes) is 40. The quantitative estimate of drug-likeness (QED) is 0.0222. The standard InChI is InChI=1S/C65H126O17P2/c1-5-9-13-17-21-24-26-28-30-32-34-36-39-43-46-50-63(68)76-55-60(81-64(69)51-47-41-20-16-12-8-4)57-79-83(71,72)77-53-59(66)54-78-84(73,74)80-58-61(56-75-62(67)49-45-42-38-23-19-15-11-7-3)82-65(70)52-48-44-40-37-35-33-31-29-27-25-22-18-14-10-6-2/h59-61,66H,5-58H2,1-4H3,(H,71,72)(H,73,74)/t59-,60-,61-/m1/s1. The van der Waals surface area contributed by atoms with Crippen LogP contribution in [0.25, 0.3) is 0 Å². The van der Waals surface area contributed by atoms with Gasteiger partial charge >= 0.3 is 39.5 Å². The van der Waals surface area contributed by atoms with Crippen molar-refractivity contribution >= 4 is 39.5 Å². The fourth-order valence-corrected chi connectivity index (χ4v) is 11.4. The Morgan fingerprint density at radius 2 is 0.476 bits per heavy atom. The average Bonchev–Trinajstić information content (AvgIpc) is 3.53. The molecule has 0 radical (unpaired) electrons. The summed E-state index contributed by atoms with van der Waals surface area (Å²) in [6.07, 6.45) is 46.1. The van der Waals surface area contributed by atoms with Crippen LogP contribution in [0.3, 0.4) is 0 Å². The van der Waals surface area contributed by atoms with Gasteiger partial charge in [-0.05, 0) is 25.7 Å². The highest BCUT2D eigenvalue weighted by atomic mass is 31.2. The van der Waals surface area contributed by atoms with Crippen LogP contribution in [0.2, 0.25) is 0 Å². The van der Waals surface area contributed by atoms with Crippen LogP contribution in [0, 0.1) is 0 Å². The van der Waals surface area contributed by atoms with Gasteiger partial charge in [0.25, 0.3) is 0 Å². The molecule has 0 amide bonds. The summed E-state index contributed by atoms with van der Waals surface area (Å²) in [6.45, 7) is 4.82. The van der Waals surface area contributed by atoms with Gasteiger partial charge in [-0.25, -0.2) is 9.13 Å². The summed E-state index contributed by atoms with van der Waals surface area (Å²) in [5.41, 5.74) is 0. The molecule has 3 N–H and O–H groups in total. The van der Waals surface area contributed by atoms with E-state index in [1.807, 2.05) is 0 Å². The minimum atomic E-state index is -4.94. The predicted molar refractivity (Wildman–Crippen MR) is 335 cm³/mol. The highest BCUT2D eigenvalue weighted by Crippen LogP contribution is 2.45. The summed E-state index contributed by atoms with van der Waals surface area (Å²) < 4.78 is 67.8. The van der Waals surface area contributed by atoms with Gasteiger partial charge in [0.15, 0.2) is 12.2 Å². The molecular weight excluding hydrogens is 1110 g/mol. The summed E-state index contributed by atoms with van der Waals surface area (Å²) >= 11 is 0. The van der Waals surface area contributed by atoms with E-state index in [4.69, 9.17) is 37.0 Å². The minimum Gasteiger partial charge on any atom is -0.462 e. The number of rotatable bonds is 66. The maximum absolute atomic E-state index is 12.9. The molecule has 19 heteroatoms. The second-order valence-electron chi connectivity index (χ2n) is 23.5. The normalized spacial score (nSPS) is 14.1. The zero-order valence-electron chi connectivity index (χ0n) is 53.9. The van der Waals surface area contributed by atoms with Gasteiger partial charge in [-0.3, -0.25) is 37.3 Å². The number of esters is 4. The largest absolute Gasteiger partial charge is 0.472 e. The van der Waals surface area contributed by atoms with Crippen molar-refractivity contribution in [2.24, 2.45) is 0 Å². The summed E-state index contributed by atoms with van der Waals surface area (Å²) in [5, 5.41) is 10.5. The number of hydrogen-bond donors (Lipinski definition) is 3. The number of phosphoric ester groups is 2. The van der Waals surface area contributed by atoms with E-state index in [2.05, 4.69) is 27.7 Å². The Morgan fingerprint density at radius 1 is 0.286 bits per heavy atom. The van der Waals surface area contributed by atoms with E-state index in [0.717, 1.165) is 103 Å². The fraction of sp³-hybridized carbons (Fsp3) is 0.938. The summed E-state index contributed by atoms with van der Waals surface area (Å²) in [4.78, 5) is 72.0. The number of aliphatic hydroxyl groups excluding tert-OH is 1. The molecule has 0 saturated carbocycles. The monoisotopic (exact) mass is 1240 g/mol. The van der Waals surface area contributed by atoms with Crippen LogP contribution in [0.4, 0.5) is 0 Å². The molecule has 498 valence electrons. The summed E-state index contributed by atoms with van der Waals surface area (Å²) in [5.74, 6) is -2.14. The van der Waals surface area contributed by atoms with Crippen LogP contribution < -0.4 is 0 Å². The molecule has 0 rings (SSSR count). The lowest BCUT2D eigenvalue weighted by molar-refractivity contribution is -0.161. The number of carbonyl (C=O) groups is 4.